The second-order valence-electron chi connectivity index (χ2n) is 7.58. The molecule has 0 saturated carbocycles. The molecule has 0 unspecified atom stereocenters. The molecule has 28 heavy (non-hydrogen) atoms. The highest BCUT2D eigenvalue weighted by atomic mass is 19.1. The van der Waals surface area contributed by atoms with Crippen molar-refractivity contribution in [1.82, 2.24) is 4.90 Å². The number of nitrogens with zero attached hydrogens (tertiary/aromatic N) is 2. The van der Waals surface area contributed by atoms with E-state index in [2.05, 4.69) is 11.8 Å². The van der Waals surface area contributed by atoms with Crippen LogP contribution in [0.4, 0.5) is 14.5 Å². The average molecular weight is 386 g/mol. The Labute approximate surface area is 166 Å². The van der Waals surface area contributed by atoms with E-state index in [1.807, 2.05) is 13.0 Å². The van der Waals surface area contributed by atoms with Crippen LogP contribution in [0.15, 0.2) is 48.5 Å². The molecule has 3 nitrogen and oxygen atoms in total. The summed E-state index contributed by atoms with van der Waals surface area (Å²) in [7, 11) is 0. The number of hydrogen-bond acceptors (Lipinski definition) is 2. The van der Waals surface area contributed by atoms with Crippen LogP contribution in [0.25, 0.3) is 0 Å². The monoisotopic (exact) mass is 386 g/mol. The van der Waals surface area contributed by atoms with Gasteiger partial charge in [0.2, 0.25) is 5.91 Å². The molecule has 150 valence electrons. The Morgan fingerprint density at radius 2 is 1.96 bits per heavy atom. The van der Waals surface area contributed by atoms with Crippen molar-refractivity contribution in [2.24, 2.45) is 5.92 Å². The highest BCUT2D eigenvalue weighted by Gasteiger charge is 2.34. The van der Waals surface area contributed by atoms with Gasteiger partial charge in [-0.15, -0.1) is 0 Å². The SMILES string of the molecule is CCC(=O)N(c1ccccc1F)[C@@H]1CCN(CCc2cccc(F)c2)C[C@@H]1C. The van der Waals surface area contributed by atoms with Gasteiger partial charge in [-0.05, 0) is 48.6 Å². The van der Waals surface area contributed by atoms with Crippen molar-refractivity contribution in [1.29, 1.82) is 0 Å². The zero-order chi connectivity index (χ0) is 20.1. The third-order valence-electron chi connectivity index (χ3n) is 5.56. The smallest absolute Gasteiger partial charge is 0.227 e. The predicted octanol–water partition coefficient (Wildman–Crippen LogP) is 4.66. The molecule has 1 fully saturated rings. The fourth-order valence-corrected chi connectivity index (χ4v) is 4.10. The number of para-hydroxylation sites is 1. The Balaban J connectivity index is 1.67. The first-order valence-corrected chi connectivity index (χ1v) is 10.0. The van der Waals surface area contributed by atoms with Gasteiger partial charge in [-0.2, -0.15) is 0 Å². The maximum Gasteiger partial charge on any atom is 0.227 e. The first kappa shape index (κ1) is 20.5. The molecule has 2 atom stereocenters. The summed E-state index contributed by atoms with van der Waals surface area (Å²) in [4.78, 5) is 16.7. The van der Waals surface area contributed by atoms with E-state index in [4.69, 9.17) is 0 Å². The molecule has 2 aromatic rings. The van der Waals surface area contributed by atoms with Crippen molar-refractivity contribution in [3.8, 4) is 0 Å². The lowest BCUT2D eigenvalue weighted by atomic mass is 9.91. The molecule has 0 aromatic heterocycles. The number of halogens is 2. The highest BCUT2D eigenvalue weighted by Crippen LogP contribution is 2.30. The zero-order valence-electron chi connectivity index (χ0n) is 16.6. The maximum absolute atomic E-state index is 14.4. The molecule has 1 heterocycles. The van der Waals surface area contributed by atoms with Crippen molar-refractivity contribution in [3.05, 3.63) is 65.7 Å². The minimum Gasteiger partial charge on any atom is -0.306 e. The summed E-state index contributed by atoms with van der Waals surface area (Å²) in [6, 6.07) is 13.2. The normalized spacial score (nSPS) is 20.1. The summed E-state index contributed by atoms with van der Waals surface area (Å²) in [6.45, 7) is 6.46. The lowest BCUT2D eigenvalue weighted by molar-refractivity contribution is -0.119. The standard InChI is InChI=1S/C23H28F2N2O/c1-3-23(28)27(22-10-5-4-9-20(22)25)21-12-14-26(16-17(21)2)13-11-18-7-6-8-19(24)15-18/h4-10,15,17,21H,3,11-14,16H2,1-2H3/t17-,21+/m0/s1. The van der Waals surface area contributed by atoms with Crippen LogP contribution in [0.5, 0.6) is 0 Å². The number of carbonyl (C=O) groups excluding carboxylic acids is 1. The van der Waals surface area contributed by atoms with E-state index in [-0.39, 0.29) is 29.5 Å². The van der Waals surface area contributed by atoms with Gasteiger partial charge < -0.3 is 9.80 Å². The fourth-order valence-electron chi connectivity index (χ4n) is 4.10. The number of rotatable bonds is 6. The molecule has 0 bridgehead atoms. The minimum absolute atomic E-state index is 0.0187. The summed E-state index contributed by atoms with van der Waals surface area (Å²) >= 11 is 0. The van der Waals surface area contributed by atoms with Crippen LogP contribution >= 0.6 is 0 Å². The Bertz CT molecular complexity index is 811. The molecule has 5 heteroatoms. The first-order valence-electron chi connectivity index (χ1n) is 10.0. The van der Waals surface area contributed by atoms with E-state index >= 15 is 0 Å². The first-order chi connectivity index (χ1) is 13.5. The molecule has 3 rings (SSSR count). The topological polar surface area (TPSA) is 23.6 Å². The number of hydrogen-bond donors (Lipinski definition) is 0. The van der Waals surface area contributed by atoms with Gasteiger partial charge in [-0.1, -0.05) is 38.1 Å². The van der Waals surface area contributed by atoms with Gasteiger partial charge in [0, 0.05) is 32.1 Å². The third kappa shape index (κ3) is 4.76. The van der Waals surface area contributed by atoms with E-state index in [0.29, 0.717) is 12.1 Å². The molecule has 1 aliphatic rings. The van der Waals surface area contributed by atoms with Gasteiger partial charge in [0.05, 0.1) is 5.69 Å². The number of anilines is 1. The molecule has 0 N–H and O–H groups in total. The Morgan fingerprint density at radius 1 is 1.18 bits per heavy atom. The summed E-state index contributed by atoms with van der Waals surface area (Å²) < 4.78 is 27.8. The van der Waals surface area contributed by atoms with Crippen molar-refractivity contribution in [3.63, 3.8) is 0 Å². The number of amides is 1. The van der Waals surface area contributed by atoms with E-state index in [1.165, 1.54) is 12.1 Å². The van der Waals surface area contributed by atoms with Gasteiger partial charge >= 0.3 is 0 Å². The Morgan fingerprint density at radius 3 is 2.64 bits per heavy atom. The van der Waals surface area contributed by atoms with Crippen molar-refractivity contribution >= 4 is 11.6 Å². The maximum atomic E-state index is 14.4. The molecule has 1 aliphatic heterocycles. The summed E-state index contributed by atoms with van der Waals surface area (Å²) in [5.74, 6) is -0.389. The van der Waals surface area contributed by atoms with Crippen LogP contribution in [0.1, 0.15) is 32.3 Å². The zero-order valence-corrected chi connectivity index (χ0v) is 16.6. The van der Waals surface area contributed by atoms with E-state index < -0.39 is 0 Å². The van der Waals surface area contributed by atoms with Gasteiger partial charge in [-0.25, -0.2) is 8.78 Å². The molecule has 2 aromatic carbocycles. The van der Waals surface area contributed by atoms with Gasteiger partial charge in [0.1, 0.15) is 11.6 Å². The summed E-state index contributed by atoms with van der Waals surface area (Å²) in [5.41, 5.74) is 1.36. The quantitative estimate of drug-likeness (QED) is 0.721. The Kier molecular flexibility index (Phi) is 6.79. The highest BCUT2D eigenvalue weighted by molar-refractivity contribution is 5.94. The number of carbonyl (C=O) groups is 1. The fraction of sp³-hybridized carbons (Fsp3) is 0.435. The van der Waals surface area contributed by atoms with Crippen molar-refractivity contribution < 1.29 is 13.6 Å². The predicted molar refractivity (Wildman–Crippen MR) is 108 cm³/mol. The number of benzene rings is 2. The summed E-state index contributed by atoms with van der Waals surface area (Å²) in [5, 5.41) is 0. The van der Waals surface area contributed by atoms with Crippen LogP contribution < -0.4 is 4.90 Å². The van der Waals surface area contributed by atoms with Gasteiger partial charge in [0.25, 0.3) is 0 Å². The second-order valence-corrected chi connectivity index (χ2v) is 7.58. The Hall–Kier alpha value is -2.27. The molecular formula is C23H28F2N2O. The molecule has 1 saturated heterocycles. The summed E-state index contributed by atoms with van der Waals surface area (Å²) in [6.07, 6.45) is 1.94. The van der Waals surface area contributed by atoms with Gasteiger partial charge in [-0.3, -0.25) is 4.79 Å². The van der Waals surface area contributed by atoms with Crippen molar-refractivity contribution in [2.75, 3.05) is 24.5 Å². The second kappa shape index (κ2) is 9.28. The van der Waals surface area contributed by atoms with E-state index in [0.717, 1.165) is 38.0 Å². The van der Waals surface area contributed by atoms with Crippen LogP contribution in [-0.2, 0) is 11.2 Å². The molecule has 1 amide bonds. The average Bonchev–Trinajstić information content (AvgIpc) is 2.69. The molecular weight excluding hydrogens is 358 g/mol. The molecule has 0 radical (unpaired) electrons. The number of likely N-dealkylation sites (tertiary alicyclic amines) is 1. The van der Waals surface area contributed by atoms with E-state index in [1.54, 1.807) is 35.2 Å². The number of piperidine rings is 1. The third-order valence-corrected chi connectivity index (χ3v) is 5.56. The van der Waals surface area contributed by atoms with Crippen LogP contribution in [0.3, 0.4) is 0 Å². The molecule has 0 aliphatic carbocycles. The van der Waals surface area contributed by atoms with Crippen molar-refractivity contribution in [2.45, 2.75) is 39.2 Å². The lowest BCUT2D eigenvalue weighted by Gasteiger charge is -2.42. The van der Waals surface area contributed by atoms with Crippen LogP contribution in [-0.4, -0.2) is 36.5 Å². The van der Waals surface area contributed by atoms with Crippen LogP contribution in [0, 0.1) is 17.6 Å². The van der Waals surface area contributed by atoms with E-state index in [9.17, 15) is 13.6 Å². The largest absolute Gasteiger partial charge is 0.306 e. The van der Waals surface area contributed by atoms with Gasteiger partial charge in [0.15, 0.2) is 0 Å². The minimum atomic E-state index is -0.356. The molecule has 0 spiro atoms. The van der Waals surface area contributed by atoms with Crippen LogP contribution in [0.2, 0.25) is 0 Å². The lowest BCUT2D eigenvalue weighted by Crippen LogP contribution is -2.52.